The van der Waals surface area contributed by atoms with Crippen LogP contribution in [-0.2, 0) is 68.8 Å². The molecule has 0 aliphatic carbocycles. The van der Waals surface area contributed by atoms with E-state index in [4.69, 9.17) is 39.9 Å². The number of aliphatic carboxylic acids is 2. The summed E-state index contributed by atoms with van der Waals surface area (Å²) in [5.41, 5.74) is 31.4. The number of Topliss-reactive ketones (excluding diaryl/α,β-unsaturated/α-hetero) is 2. The minimum atomic E-state index is -0.878. The molecule has 0 fully saturated rings. The summed E-state index contributed by atoms with van der Waals surface area (Å²) in [7, 11) is 0. The molecule has 98 heavy (non-hydrogen) atoms. The van der Waals surface area contributed by atoms with E-state index < -0.39 is 11.9 Å². The van der Waals surface area contributed by atoms with E-state index in [1.807, 2.05) is 92.7 Å². The Bertz CT molecular complexity index is 4930. The Morgan fingerprint density at radius 3 is 0.918 bits per heavy atom. The number of benzene rings is 2. The first kappa shape index (κ1) is 76.9. The van der Waals surface area contributed by atoms with Crippen molar-refractivity contribution in [2.45, 2.75) is 160 Å². The number of carbonyl (C=O) groups is 4. The molecule has 14 nitrogen and oxygen atoms in total. The first-order valence-electron chi connectivity index (χ1n) is 32.9. The van der Waals surface area contributed by atoms with Crippen LogP contribution >= 0.6 is 0 Å². The molecule has 2 radical (unpaired) electrons. The van der Waals surface area contributed by atoms with Gasteiger partial charge in [0.2, 0.25) is 0 Å². The number of hydrogen-bond donors (Lipinski definition) is 2. The molecule has 4 aliphatic heterocycles. The molecular weight excluding hydrogens is 1360 g/mol. The van der Waals surface area contributed by atoms with Gasteiger partial charge >= 0.3 is 45.5 Å². The summed E-state index contributed by atoms with van der Waals surface area (Å²) in [6.07, 6.45) is 5.72. The largest absolute Gasteiger partial charge is 2.00 e. The van der Waals surface area contributed by atoms with Crippen molar-refractivity contribution in [3.8, 4) is 0 Å². The summed E-state index contributed by atoms with van der Waals surface area (Å²) >= 11 is 0. The van der Waals surface area contributed by atoms with Gasteiger partial charge in [-0.3, -0.25) is 19.2 Å². The minimum Gasteiger partial charge on any atom is -1.00 e. The molecule has 0 atom stereocenters. The number of allylic oxidation sites excluding steroid dienone is 8. The van der Waals surface area contributed by atoms with Gasteiger partial charge in [0, 0.05) is 36.8 Å². The molecule has 0 unspecified atom stereocenters. The monoisotopic (exact) mass is 1440 g/mol. The summed E-state index contributed by atoms with van der Waals surface area (Å²) in [5.74, 6) is -1.56. The number of aromatic nitrogens is 8. The molecule has 16 bridgehead atoms. The van der Waals surface area contributed by atoms with Gasteiger partial charge in [-0.05, 0) is 151 Å². The molecule has 0 saturated carbocycles. The molecule has 0 saturated heterocycles. The summed E-state index contributed by atoms with van der Waals surface area (Å²) < 4.78 is 0. The fourth-order valence-corrected chi connectivity index (χ4v) is 13.7. The zero-order valence-corrected chi connectivity index (χ0v) is 61.0. The fraction of sp³-hybridized carbons (Fsp3) is 0.300. The Morgan fingerprint density at radius 1 is 0.327 bits per heavy atom. The summed E-state index contributed by atoms with van der Waals surface area (Å²) in [6, 6.07) is 35.2. The van der Waals surface area contributed by atoms with Crippen LogP contribution in [-0.4, -0.2) is 53.7 Å². The van der Waals surface area contributed by atoms with Gasteiger partial charge in [-0.25, -0.2) is 19.9 Å². The number of fused-ring (bicyclic) bond motifs is 16. The third-order valence-electron chi connectivity index (χ3n) is 19.3. The fourth-order valence-electron chi connectivity index (χ4n) is 13.7. The standard InChI is InChI=1S/C46H44N4O2.C34H38N4O4.2ClH.2Co/c1-7-33-27(3)37-23-38-29(5)35(19-21-45(51)31-15-11-9-12-16-31)43(49-38)26-44-36(20-22-46(52)32-17-13-10-14-18-32)30(6)40(50-44)25-42-34(8-2)28(4)39(48-42)24-41(33)47-37;1-7-21-17(3)25-13-26-19(5)23(9-11-33(39)40)31(37-26)16-32-24(10-12-34(41)42)20(6)28(38-32)15-30-22(8-2)18(4)27(36-30)14-29(21)35-25;;;;/h9-18,23-26H,7-8,19-22H2,1-6H3;13-16H,7-12H2,1-6H3,(H4,35,36,37,38,39,40,41,42);2*1H;;/q-2;;;;2*+2/p-4. The Balaban J connectivity index is 0.000000271. The van der Waals surface area contributed by atoms with E-state index in [1.165, 1.54) is 16.7 Å². The SMILES string of the molecule is CCC1=C(C)c2cc3[n-]c(cc4nc(cc5[n-]c(cc1n2)c(C)c5CCC(=O)O)C(CCC(=O)O)=C4C)c(C)c3CC.CCC1=C(C)c2cc3[n-]c(cc4nc(cc5[n-]c(cc1n2)c(C)c5CCC(=O)c1ccccc1)C(CCC(=O)c1ccccc1)=C4C)c(C)c3CC.[Cl-].[Cl-].[Co+2].[Co+2]. The number of ketones is 2. The van der Waals surface area contributed by atoms with Crippen LogP contribution < -0.4 is 44.7 Å². The number of halogens is 2. The average molecular weight is 1440 g/mol. The third kappa shape index (κ3) is 15.8. The third-order valence-corrected chi connectivity index (χ3v) is 19.3. The van der Waals surface area contributed by atoms with Gasteiger partial charge in [0.15, 0.2) is 11.6 Å². The Labute approximate surface area is 606 Å². The Hall–Kier alpha value is -8.49. The van der Waals surface area contributed by atoms with Gasteiger partial charge in [0.25, 0.3) is 0 Å². The van der Waals surface area contributed by atoms with Gasteiger partial charge in [-0.1, -0.05) is 181 Å². The molecule has 12 rings (SSSR count). The number of hydrogen-bond acceptors (Lipinski definition) is 8. The number of carboxylic acids is 2. The van der Waals surface area contributed by atoms with Crippen molar-refractivity contribution in [1.29, 1.82) is 0 Å². The molecule has 18 heteroatoms. The first-order chi connectivity index (χ1) is 45.2. The van der Waals surface area contributed by atoms with E-state index in [2.05, 4.69) is 99.6 Å². The summed E-state index contributed by atoms with van der Waals surface area (Å²) in [4.78, 5) is 90.5. The Morgan fingerprint density at radius 2 is 0.582 bits per heavy atom. The quantitative estimate of drug-likeness (QED) is 0.0764. The molecule has 10 heterocycles. The number of rotatable bonds is 18. The number of nitrogens with zero attached hydrogens (tertiary/aromatic N) is 8. The Kier molecular flexibility index (Phi) is 25.8. The van der Waals surface area contributed by atoms with Gasteiger partial charge in [-0.2, -0.15) is 0 Å². The predicted octanol–water partition coefficient (Wildman–Crippen LogP) is 11.4. The minimum absolute atomic E-state index is 0. The van der Waals surface area contributed by atoms with Crippen molar-refractivity contribution < 1.29 is 87.8 Å². The second kappa shape index (κ2) is 32.9. The van der Waals surface area contributed by atoms with Crippen molar-refractivity contribution >= 4 is 112 Å². The molecule has 4 aliphatic rings. The molecule has 0 amide bonds. The average Bonchev–Trinajstić information content (AvgIpc) is 1.66. The maximum atomic E-state index is 13.3. The topological polar surface area (TPSA) is 217 Å². The van der Waals surface area contributed by atoms with Crippen LogP contribution in [0.4, 0.5) is 0 Å². The maximum Gasteiger partial charge on any atom is 2.00 e. The van der Waals surface area contributed by atoms with Crippen LogP contribution in [0.2, 0.25) is 0 Å². The van der Waals surface area contributed by atoms with Gasteiger partial charge in [0.1, 0.15) is 0 Å². The summed E-state index contributed by atoms with van der Waals surface area (Å²) in [6.45, 7) is 25.1. The van der Waals surface area contributed by atoms with Gasteiger partial charge in [-0.15, -0.1) is 44.1 Å². The van der Waals surface area contributed by atoms with Crippen molar-refractivity contribution in [2.24, 2.45) is 0 Å². The molecule has 2 aromatic carbocycles. The molecule has 8 aromatic rings. The zero-order chi connectivity index (χ0) is 66.8. The van der Waals surface area contributed by atoms with Crippen molar-refractivity contribution in [3.05, 3.63) is 210 Å². The number of aryl methyl sites for hydroxylation is 8. The van der Waals surface area contributed by atoms with Gasteiger partial charge in [0.05, 0.1) is 45.6 Å². The van der Waals surface area contributed by atoms with Crippen LogP contribution in [0.5, 0.6) is 0 Å². The smallest absolute Gasteiger partial charge is 1.00 e. The molecule has 510 valence electrons. The molecule has 6 aromatic heterocycles. The predicted molar refractivity (Wildman–Crippen MR) is 378 cm³/mol. The second-order valence-corrected chi connectivity index (χ2v) is 24.8. The van der Waals surface area contributed by atoms with Crippen molar-refractivity contribution in [1.82, 2.24) is 39.9 Å². The van der Waals surface area contributed by atoms with Crippen LogP contribution in [0.25, 0.3) is 88.7 Å². The van der Waals surface area contributed by atoms with Crippen LogP contribution in [0, 0.1) is 27.7 Å². The zero-order valence-electron chi connectivity index (χ0n) is 57.4. The van der Waals surface area contributed by atoms with E-state index in [1.54, 1.807) is 0 Å². The van der Waals surface area contributed by atoms with E-state index in [0.717, 1.165) is 177 Å². The van der Waals surface area contributed by atoms with Crippen molar-refractivity contribution in [2.75, 3.05) is 0 Å². The second-order valence-electron chi connectivity index (χ2n) is 24.8. The maximum absolute atomic E-state index is 13.3. The van der Waals surface area contributed by atoms with Crippen LogP contribution in [0.3, 0.4) is 0 Å². The van der Waals surface area contributed by atoms with Crippen LogP contribution in [0.1, 0.15) is 218 Å². The van der Waals surface area contributed by atoms with Crippen molar-refractivity contribution in [3.63, 3.8) is 0 Å². The first-order valence-corrected chi connectivity index (χ1v) is 32.9. The number of carboxylic acid groups (broad SMARTS) is 2. The van der Waals surface area contributed by atoms with E-state index >= 15 is 0 Å². The van der Waals surface area contributed by atoms with E-state index in [0.29, 0.717) is 60.9 Å². The molecule has 2 N–H and O–H groups in total. The van der Waals surface area contributed by atoms with E-state index in [-0.39, 0.29) is 82.8 Å². The van der Waals surface area contributed by atoms with Crippen LogP contribution in [0.15, 0.2) is 109 Å². The number of carbonyl (C=O) groups excluding carboxylic acids is 2. The summed E-state index contributed by atoms with van der Waals surface area (Å²) in [5, 5.41) is 18.9. The normalized spacial score (nSPS) is 12.5. The molecular formula is C80H80Cl2Co2N8O6-2. The van der Waals surface area contributed by atoms with E-state index in [9.17, 15) is 29.4 Å². The molecule has 0 spiro atoms. The van der Waals surface area contributed by atoms with Gasteiger partial charge < -0.3 is 55.0 Å².